The van der Waals surface area contributed by atoms with Crippen LogP contribution in [0.4, 0.5) is 5.69 Å². The third-order valence-electron chi connectivity index (χ3n) is 5.29. The number of amides is 1. The molecule has 29 heavy (non-hydrogen) atoms. The first-order valence-electron chi connectivity index (χ1n) is 9.70. The van der Waals surface area contributed by atoms with E-state index in [1.807, 2.05) is 0 Å². The molecule has 0 radical (unpaired) electrons. The largest absolute Gasteiger partial charge is 0.491 e. The Labute approximate surface area is 172 Å². The Balaban J connectivity index is 1.27. The van der Waals surface area contributed by atoms with Crippen molar-refractivity contribution in [3.05, 3.63) is 52.9 Å². The molecule has 4 heterocycles. The van der Waals surface area contributed by atoms with Crippen LogP contribution >= 0.6 is 11.6 Å². The zero-order valence-electron chi connectivity index (χ0n) is 15.8. The normalized spacial score (nSPS) is 18.9. The van der Waals surface area contributed by atoms with Crippen molar-refractivity contribution >= 4 is 28.8 Å². The van der Waals surface area contributed by atoms with Gasteiger partial charge in [-0.3, -0.25) is 4.79 Å². The number of carbonyl (C=O) groups is 1. The number of hydrogen-bond donors (Lipinski definition) is 2. The van der Waals surface area contributed by atoms with Crippen molar-refractivity contribution in [2.75, 3.05) is 37.7 Å². The van der Waals surface area contributed by atoms with Crippen molar-refractivity contribution < 1.29 is 9.53 Å². The Morgan fingerprint density at radius 3 is 2.97 bits per heavy atom. The number of rotatable bonds is 3. The second-order valence-electron chi connectivity index (χ2n) is 7.30. The van der Waals surface area contributed by atoms with Gasteiger partial charge in [-0.2, -0.15) is 5.10 Å². The molecule has 0 unspecified atom stereocenters. The molecule has 5 rings (SSSR count). The van der Waals surface area contributed by atoms with Gasteiger partial charge in [-0.25, -0.2) is 9.50 Å². The maximum atomic E-state index is 12.6. The number of imidazole rings is 1. The van der Waals surface area contributed by atoms with Gasteiger partial charge in [0.1, 0.15) is 23.2 Å². The molecule has 1 saturated heterocycles. The third kappa shape index (κ3) is 3.73. The number of halogens is 1. The van der Waals surface area contributed by atoms with Crippen LogP contribution in [-0.2, 0) is 6.42 Å². The Morgan fingerprint density at radius 1 is 1.24 bits per heavy atom. The number of anilines is 1. The average Bonchev–Trinajstić information content (AvgIpc) is 3.17. The first kappa shape index (κ1) is 18.2. The molecule has 3 aromatic rings. The van der Waals surface area contributed by atoms with Crippen molar-refractivity contribution in [3.63, 3.8) is 0 Å². The summed E-state index contributed by atoms with van der Waals surface area (Å²) < 4.78 is 7.47. The van der Waals surface area contributed by atoms with Crippen LogP contribution in [0.3, 0.4) is 0 Å². The maximum absolute atomic E-state index is 12.6. The van der Waals surface area contributed by atoms with E-state index in [1.54, 1.807) is 18.3 Å². The van der Waals surface area contributed by atoms with Gasteiger partial charge < -0.3 is 20.3 Å². The molecule has 0 aliphatic carbocycles. The fourth-order valence-corrected chi connectivity index (χ4v) is 3.95. The highest BCUT2D eigenvalue weighted by Crippen LogP contribution is 2.30. The van der Waals surface area contributed by atoms with Gasteiger partial charge in [0.15, 0.2) is 5.65 Å². The number of nitrogens with one attached hydrogen (secondary N) is 2. The minimum atomic E-state index is -0.249. The van der Waals surface area contributed by atoms with E-state index in [0.29, 0.717) is 23.1 Å². The molecule has 2 aliphatic heterocycles. The van der Waals surface area contributed by atoms with Crippen molar-refractivity contribution in [1.29, 1.82) is 0 Å². The monoisotopic (exact) mass is 412 g/mol. The van der Waals surface area contributed by atoms with Crippen LogP contribution in [0, 0.1) is 0 Å². The summed E-state index contributed by atoms with van der Waals surface area (Å²) in [6, 6.07) is 9.60. The second kappa shape index (κ2) is 7.53. The summed E-state index contributed by atoms with van der Waals surface area (Å²) in [5.74, 6) is 0.652. The fraction of sp³-hybridized carbons (Fsp3) is 0.350. The van der Waals surface area contributed by atoms with Crippen molar-refractivity contribution in [3.8, 4) is 5.75 Å². The highest BCUT2D eigenvalue weighted by molar-refractivity contribution is 6.29. The molecule has 1 aromatic carbocycles. The number of benzene rings is 1. The molecule has 9 heteroatoms. The molecule has 2 aliphatic rings. The van der Waals surface area contributed by atoms with Gasteiger partial charge in [-0.1, -0.05) is 17.7 Å². The Bertz CT molecular complexity index is 1060. The molecule has 2 aromatic heterocycles. The van der Waals surface area contributed by atoms with E-state index in [2.05, 4.69) is 43.8 Å². The predicted octanol–water partition coefficient (Wildman–Crippen LogP) is 1.53. The van der Waals surface area contributed by atoms with E-state index in [9.17, 15) is 4.79 Å². The second-order valence-corrected chi connectivity index (χ2v) is 7.69. The molecule has 2 N–H and O–H groups in total. The minimum absolute atomic E-state index is 0.110. The van der Waals surface area contributed by atoms with Crippen LogP contribution in [-0.4, -0.2) is 59.3 Å². The van der Waals surface area contributed by atoms with E-state index in [-0.39, 0.29) is 11.9 Å². The minimum Gasteiger partial charge on any atom is -0.491 e. The molecular weight excluding hydrogens is 392 g/mol. The molecule has 150 valence electrons. The molecular formula is C20H21ClN6O2. The SMILES string of the molecule is O=C(N[C@H]1COc2cc(N3CCNCC3)ccc2C1)c1cn2nc(Cl)ccc2n1. The Morgan fingerprint density at radius 2 is 2.10 bits per heavy atom. The molecule has 1 amide bonds. The van der Waals surface area contributed by atoms with Crippen LogP contribution in [0.25, 0.3) is 5.65 Å². The van der Waals surface area contributed by atoms with Crippen molar-refractivity contribution in [1.82, 2.24) is 25.2 Å². The van der Waals surface area contributed by atoms with Gasteiger partial charge in [0, 0.05) is 37.9 Å². The third-order valence-corrected chi connectivity index (χ3v) is 5.50. The van der Waals surface area contributed by atoms with Gasteiger partial charge in [0.2, 0.25) is 0 Å². The highest BCUT2D eigenvalue weighted by Gasteiger charge is 2.24. The lowest BCUT2D eigenvalue weighted by Gasteiger charge is -2.31. The van der Waals surface area contributed by atoms with E-state index < -0.39 is 0 Å². The molecule has 0 bridgehead atoms. The van der Waals surface area contributed by atoms with Crippen LogP contribution < -0.4 is 20.3 Å². The number of carbonyl (C=O) groups excluding carboxylic acids is 1. The first-order valence-corrected chi connectivity index (χ1v) is 10.1. The molecule has 1 atom stereocenters. The summed E-state index contributed by atoms with van der Waals surface area (Å²) in [5.41, 5.74) is 3.16. The highest BCUT2D eigenvalue weighted by atomic mass is 35.5. The van der Waals surface area contributed by atoms with E-state index >= 15 is 0 Å². The summed E-state index contributed by atoms with van der Waals surface area (Å²) in [5, 5.41) is 10.8. The lowest BCUT2D eigenvalue weighted by atomic mass is 10.0. The lowest BCUT2D eigenvalue weighted by Crippen LogP contribution is -2.44. The smallest absolute Gasteiger partial charge is 0.271 e. The zero-order valence-corrected chi connectivity index (χ0v) is 16.5. The van der Waals surface area contributed by atoms with E-state index in [0.717, 1.165) is 43.9 Å². The molecule has 1 fully saturated rings. The summed E-state index contributed by atoms with van der Waals surface area (Å²) in [6.07, 6.45) is 2.30. The molecule has 0 spiro atoms. The standard InChI is InChI=1S/C20H21ClN6O2/c21-18-3-4-19-24-16(11-27(19)25-18)20(28)23-14-9-13-1-2-15(10-17(13)29-12-14)26-7-5-22-6-8-26/h1-4,10-11,14,22H,5-9,12H2,(H,23,28)/t14-/m1/s1. The summed E-state index contributed by atoms with van der Waals surface area (Å²) >= 11 is 5.89. The van der Waals surface area contributed by atoms with E-state index in [4.69, 9.17) is 16.3 Å². The van der Waals surface area contributed by atoms with Gasteiger partial charge >= 0.3 is 0 Å². The van der Waals surface area contributed by atoms with Crippen LogP contribution in [0.1, 0.15) is 16.1 Å². The topological polar surface area (TPSA) is 83.8 Å². The van der Waals surface area contributed by atoms with Crippen LogP contribution in [0.2, 0.25) is 5.15 Å². The number of aromatic nitrogens is 3. The molecule has 0 saturated carbocycles. The number of piperazine rings is 1. The van der Waals surface area contributed by atoms with Gasteiger partial charge in [-0.05, 0) is 30.2 Å². The van der Waals surface area contributed by atoms with Crippen LogP contribution in [0.5, 0.6) is 5.75 Å². The van der Waals surface area contributed by atoms with Crippen molar-refractivity contribution in [2.24, 2.45) is 0 Å². The Hall–Kier alpha value is -2.84. The van der Waals surface area contributed by atoms with Gasteiger partial charge in [0.05, 0.1) is 12.2 Å². The fourth-order valence-electron chi connectivity index (χ4n) is 3.80. The first-order chi connectivity index (χ1) is 14.2. The van der Waals surface area contributed by atoms with Gasteiger partial charge in [-0.15, -0.1) is 0 Å². The summed E-state index contributed by atoms with van der Waals surface area (Å²) in [4.78, 5) is 19.3. The lowest BCUT2D eigenvalue weighted by molar-refractivity contribution is 0.0911. The quantitative estimate of drug-likeness (QED) is 0.678. The maximum Gasteiger partial charge on any atom is 0.271 e. The zero-order chi connectivity index (χ0) is 19.8. The van der Waals surface area contributed by atoms with E-state index in [1.165, 1.54) is 10.2 Å². The summed E-state index contributed by atoms with van der Waals surface area (Å²) in [7, 11) is 0. The summed E-state index contributed by atoms with van der Waals surface area (Å²) in [6.45, 7) is 4.42. The number of ether oxygens (including phenoxy) is 1. The molecule has 8 nitrogen and oxygen atoms in total. The predicted molar refractivity (Wildman–Crippen MR) is 110 cm³/mol. The van der Waals surface area contributed by atoms with Crippen molar-refractivity contribution in [2.45, 2.75) is 12.5 Å². The number of fused-ring (bicyclic) bond motifs is 2. The average molecular weight is 413 g/mol. The van der Waals surface area contributed by atoms with Crippen LogP contribution in [0.15, 0.2) is 36.5 Å². The van der Waals surface area contributed by atoms with Gasteiger partial charge in [0.25, 0.3) is 5.91 Å². The Kier molecular flexibility index (Phi) is 4.73. The number of nitrogens with zero attached hydrogens (tertiary/aromatic N) is 4. The number of hydrogen-bond acceptors (Lipinski definition) is 6.